The average molecular weight is 414 g/mol. The van der Waals surface area contributed by atoms with Crippen molar-refractivity contribution in [3.8, 4) is 0 Å². The molecule has 3 aromatic rings. The van der Waals surface area contributed by atoms with Gasteiger partial charge in [0.2, 0.25) is 0 Å². The van der Waals surface area contributed by atoms with E-state index in [0.717, 1.165) is 29.0 Å². The van der Waals surface area contributed by atoms with Crippen molar-refractivity contribution in [1.82, 2.24) is 5.32 Å². The van der Waals surface area contributed by atoms with Crippen molar-refractivity contribution in [3.05, 3.63) is 69.6 Å². The van der Waals surface area contributed by atoms with E-state index in [4.69, 9.17) is 16.3 Å². The standard InChI is InChI=1S/C19H15ClF3NO2S/c1-26-14(11-5-3-2-4-6-11)10-24-18(25)17-16(20)13-8-7-12(19(21,22)23)9-15(13)27-17/h2-9,14H,10H2,1H3,(H,24,25). The number of hydrogen-bond acceptors (Lipinski definition) is 3. The van der Waals surface area contributed by atoms with E-state index in [9.17, 15) is 18.0 Å². The molecule has 142 valence electrons. The number of carbonyl (C=O) groups excluding carboxylic acids is 1. The molecule has 1 N–H and O–H groups in total. The molecular formula is C19H15ClF3NO2S. The number of carbonyl (C=O) groups is 1. The van der Waals surface area contributed by atoms with Crippen molar-refractivity contribution in [1.29, 1.82) is 0 Å². The smallest absolute Gasteiger partial charge is 0.375 e. The molecule has 0 aliphatic carbocycles. The summed E-state index contributed by atoms with van der Waals surface area (Å²) in [6.07, 6.45) is -4.80. The van der Waals surface area contributed by atoms with E-state index in [1.165, 1.54) is 13.2 Å². The van der Waals surface area contributed by atoms with Gasteiger partial charge in [0.25, 0.3) is 5.91 Å². The van der Waals surface area contributed by atoms with Gasteiger partial charge in [0.05, 0.1) is 16.7 Å². The molecule has 0 saturated carbocycles. The summed E-state index contributed by atoms with van der Waals surface area (Å²) in [6.45, 7) is 0.206. The first kappa shape index (κ1) is 19.7. The number of thiophene rings is 1. The molecule has 0 bridgehead atoms. The van der Waals surface area contributed by atoms with Crippen molar-refractivity contribution >= 4 is 38.9 Å². The monoisotopic (exact) mass is 413 g/mol. The zero-order valence-corrected chi connectivity index (χ0v) is 15.7. The molecule has 1 heterocycles. The predicted molar refractivity (Wildman–Crippen MR) is 100 cm³/mol. The van der Waals surface area contributed by atoms with Crippen LogP contribution in [0.1, 0.15) is 26.9 Å². The minimum atomic E-state index is -4.45. The first-order valence-electron chi connectivity index (χ1n) is 7.96. The van der Waals surface area contributed by atoms with Crippen LogP contribution in [0, 0.1) is 0 Å². The normalized spacial score (nSPS) is 12.9. The summed E-state index contributed by atoms with van der Waals surface area (Å²) in [4.78, 5) is 12.7. The van der Waals surface area contributed by atoms with E-state index < -0.39 is 17.6 Å². The van der Waals surface area contributed by atoms with Gasteiger partial charge in [-0.1, -0.05) is 48.0 Å². The molecule has 1 unspecified atom stereocenters. The van der Waals surface area contributed by atoms with Crippen LogP contribution in [0.15, 0.2) is 48.5 Å². The van der Waals surface area contributed by atoms with Gasteiger partial charge in [0.15, 0.2) is 0 Å². The van der Waals surface area contributed by atoms with Crippen molar-refractivity contribution < 1.29 is 22.7 Å². The Morgan fingerprint density at radius 1 is 1.22 bits per heavy atom. The number of benzene rings is 2. The average Bonchev–Trinajstić information content (AvgIpc) is 2.98. The molecule has 8 heteroatoms. The number of nitrogens with one attached hydrogen (secondary N) is 1. The Hall–Kier alpha value is -2.09. The summed E-state index contributed by atoms with van der Waals surface area (Å²) in [7, 11) is 1.54. The van der Waals surface area contributed by atoms with Crippen LogP contribution in [-0.4, -0.2) is 19.6 Å². The Kier molecular flexibility index (Phi) is 5.74. The number of amides is 1. The number of rotatable bonds is 5. The molecule has 0 fully saturated rings. The van der Waals surface area contributed by atoms with Gasteiger partial charge in [-0.25, -0.2) is 0 Å². The largest absolute Gasteiger partial charge is 0.416 e. The lowest BCUT2D eigenvalue weighted by atomic mass is 10.1. The highest BCUT2D eigenvalue weighted by atomic mass is 35.5. The number of hydrogen-bond donors (Lipinski definition) is 1. The zero-order valence-electron chi connectivity index (χ0n) is 14.1. The summed E-state index contributed by atoms with van der Waals surface area (Å²) in [5.41, 5.74) is 0.126. The molecule has 3 nitrogen and oxygen atoms in total. The van der Waals surface area contributed by atoms with Crippen molar-refractivity contribution in [2.75, 3.05) is 13.7 Å². The second-order valence-corrected chi connectivity index (χ2v) is 7.23. The van der Waals surface area contributed by atoms with Gasteiger partial charge in [0.1, 0.15) is 4.88 Å². The van der Waals surface area contributed by atoms with Gasteiger partial charge in [-0.15, -0.1) is 11.3 Å². The number of methoxy groups -OCH3 is 1. The Labute approximate surface area is 162 Å². The highest BCUT2D eigenvalue weighted by Crippen LogP contribution is 2.39. The van der Waals surface area contributed by atoms with Crippen molar-refractivity contribution in [3.63, 3.8) is 0 Å². The second-order valence-electron chi connectivity index (χ2n) is 5.80. The predicted octanol–water partition coefficient (Wildman–Crippen LogP) is 5.69. The summed E-state index contributed by atoms with van der Waals surface area (Å²) in [6, 6.07) is 12.6. The Balaban J connectivity index is 1.80. The van der Waals surface area contributed by atoms with Gasteiger partial charge < -0.3 is 10.1 Å². The van der Waals surface area contributed by atoms with Gasteiger partial charge in [0, 0.05) is 23.7 Å². The van der Waals surface area contributed by atoms with E-state index in [0.29, 0.717) is 10.1 Å². The fourth-order valence-electron chi connectivity index (χ4n) is 2.66. The summed E-state index contributed by atoms with van der Waals surface area (Å²) in [5.74, 6) is -0.451. The Morgan fingerprint density at radius 2 is 1.93 bits per heavy atom. The van der Waals surface area contributed by atoms with Crippen LogP contribution >= 0.6 is 22.9 Å². The lowest BCUT2D eigenvalue weighted by Gasteiger charge is -2.16. The second kappa shape index (κ2) is 7.88. The number of fused-ring (bicyclic) bond motifs is 1. The first-order valence-corrected chi connectivity index (χ1v) is 9.16. The van der Waals surface area contributed by atoms with E-state index >= 15 is 0 Å². The molecule has 3 rings (SSSR count). The maximum absolute atomic E-state index is 12.9. The van der Waals surface area contributed by atoms with E-state index in [-0.39, 0.29) is 22.5 Å². The van der Waals surface area contributed by atoms with Crippen LogP contribution in [0.4, 0.5) is 13.2 Å². The van der Waals surface area contributed by atoms with Gasteiger partial charge >= 0.3 is 6.18 Å². The van der Waals surface area contributed by atoms with Crippen LogP contribution < -0.4 is 5.32 Å². The topological polar surface area (TPSA) is 38.3 Å². The lowest BCUT2D eigenvalue weighted by molar-refractivity contribution is -0.137. The quantitative estimate of drug-likeness (QED) is 0.583. The maximum atomic E-state index is 12.9. The van der Waals surface area contributed by atoms with Crippen LogP contribution in [-0.2, 0) is 10.9 Å². The molecule has 2 aromatic carbocycles. The minimum Gasteiger partial charge on any atom is -0.375 e. The Bertz CT molecular complexity index is 957. The van der Waals surface area contributed by atoms with E-state index in [1.807, 2.05) is 30.3 Å². The van der Waals surface area contributed by atoms with Gasteiger partial charge in [-0.3, -0.25) is 4.79 Å². The summed E-state index contributed by atoms with van der Waals surface area (Å²) in [5, 5.41) is 3.31. The number of halogens is 4. The van der Waals surface area contributed by atoms with Crippen LogP contribution in [0.3, 0.4) is 0 Å². The molecule has 1 amide bonds. The molecule has 0 radical (unpaired) electrons. The maximum Gasteiger partial charge on any atom is 0.416 e. The third kappa shape index (κ3) is 4.26. The summed E-state index contributed by atoms with van der Waals surface area (Å²) >= 11 is 7.15. The fourth-order valence-corrected chi connectivity index (χ4v) is 4.13. The third-order valence-corrected chi connectivity index (χ3v) is 5.72. The van der Waals surface area contributed by atoms with Crippen molar-refractivity contribution in [2.24, 2.45) is 0 Å². The number of ether oxygens (including phenoxy) is 1. The Morgan fingerprint density at radius 3 is 2.56 bits per heavy atom. The molecule has 27 heavy (non-hydrogen) atoms. The highest BCUT2D eigenvalue weighted by molar-refractivity contribution is 7.21. The lowest BCUT2D eigenvalue weighted by Crippen LogP contribution is -2.28. The summed E-state index contributed by atoms with van der Waals surface area (Å²) < 4.78 is 44.3. The highest BCUT2D eigenvalue weighted by Gasteiger charge is 2.31. The molecule has 1 aromatic heterocycles. The fraction of sp³-hybridized carbons (Fsp3) is 0.211. The molecule has 1 atom stereocenters. The number of alkyl halides is 3. The third-order valence-electron chi connectivity index (χ3n) is 4.07. The molecule has 0 aliphatic rings. The van der Waals surface area contributed by atoms with Crippen LogP contribution in [0.2, 0.25) is 5.02 Å². The van der Waals surface area contributed by atoms with Crippen molar-refractivity contribution in [2.45, 2.75) is 12.3 Å². The van der Waals surface area contributed by atoms with Crippen LogP contribution in [0.25, 0.3) is 10.1 Å². The SMILES string of the molecule is COC(CNC(=O)c1sc2cc(C(F)(F)F)ccc2c1Cl)c1ccccc1. The first-order chi connectivity index (χ1) is 12.8. The van der Waals surface area contributed by atoms with E-state index in [2.05, 4.69) is 5.32 Å². The van der Waals surface area contributed by atoms with Gasteiger partial charge in [-0.05, 0) is 17.7 Å². The molecule has 0 aliphatic heterocycles. The van der Waals surface area contributed by atoms with E-state index in [1.54, 1.807) is 0 Å². The zero-order chi connectivity index (χ0) is 19.6. The van der Waals surface area contributed by atoms with Gasteiger partial charge in [-0.2, -0.15) is 13.2 Å². The molecule has 0 saturated heterocycles. The van der Waals surface area contributed by atoms with Crippen LogP contribution in [0.5, 0.6) is 0 Å². The minimum absolute atomic E-state index is 0.148. The molecule has 0 spiro atoms. The molecular weight excluding hydrogens is 399 g/mol.